The van der Waals surface area contributed by atoms with E-state index in [4.69, 9.17) is 9.31 Å². The average molecular weight is 273 g/mol. The van der Waals surface area contributed by atoms with Crippen LogP contribution in [0, 0.1) is 5.92 Å². The molecule has 1 aromatic carbocycles. The van der Waals surface area contributed by atoms with Gasteiger partial charge in [-0.1, -0.05) is 24.3 Å². The third-order valence-corrected chi connectivity index (χ3v) is 4.94. The highest BCUT2D eigenvalue weighted by Crippen LogP contribution is 2.36. The van der Waals surface area contributed by atoms with Crippen LogP contribution in [0.2, 0.25) is 0 Å². The molecule has 2 saturated heterocycles. The van der Waals surface area contributed by atoms with E-state index in [2.05, 4.69) is 57.3 Å². The van der Waals surface area contributed by atoms with Gasteiger partial charge in [0.15, 0.2) is 0 Å². The molecule has 2 aliphatic heterocycles. The van der Waals surface area contributed by atoms with E-state index < -0.39 is 0 Å². The van der Waals surface area contributed by atoms with Crippen LogP contribution in [-0.2, 0) is 15.7 Å². The minimum absolute atomic E-state index is 0.246. The lowest BCUT2D eigenvalue weighted by molar-refractivity contribution is 0.00578. The van der Waals surface area contributed by atoms with Gasteiger partial charge in [-0.05, 0) is 64.1 Å². The van der Waals surface area contributed by atoms with Crippen LogP contribution in [0.15, 0.2) is 24.3 Å². The van der Waals surface area contributed by atoms with Crippen LogP contribution >= 0.6 is 0 Å². The SMILES string of the molecule is CC1(C)OB(c2ccccc2CC2CNC2)OC1(C)C. The predicted molar refractivity (Wildman–Crippen MR) is 82.2 cm³/mol. The van der Waals surface area contributed by atoms with Crippen LogP contribution in [0.25, 0.3) is 0 Å². The normalized spacial score (nSPS) is 24.7. The number of rotatable bonds is 3. The van der Waals surface area contributed by atoms with Gasteiger partial charge in [-0.15, -0.1) is 0 Å². The zero-order valence-corrected chi connectivity index (χ0v) is 12.9. The summed E-state index contributed by atoms with van der Waals surface area (Å²) in [6.45, 7) is 10.7. The molecule has 1 N–H and O–H groups in total. The van der Waals surface area contributed by atoms with Crippen LogP contribution in [0.3, 0.4) is 0 Å². The molecule has 0 bridgehead atoms. The van der Waals surface area contributed by atoms with Crippen molar-refractivity contribution in [3.05, 3.63) is 29.8 Å². The maximum Gasteiger partial charge on any atom is 0.495 e. The van der Waals surface area contributed by atoms with Gasteiger partial charge in [-0.25, -0.2) is 0 Å². The van der Waals surface area contributed by atoms with E-state index in [1.165, 1.54) is 11.0 Å². The summed E-state index contributed by atoms with van der Waals surface area (Å²) in [7, 11) is -0.246. The first-order valence-corrected chi connectivity index (χ1v) is 7.53. The fourth-order valence-electron chi connectivity index (χ4n) is 2.72. The summed E-state index contributed by atoms with van der Waals surface area (Å²) in [4.78, 5) is 0. The quantitative estimate of drug-likeness (QED) is 0.851. The third-order valence-electron chi connectivity index (χ3n) is 4.94. The molecular formula is C16H24BNO2. The van der Waals surface area contributed by atoms with Gasteiger partial charge >= 0.3 is 7.12 Å². The topological polar surface area (TPSA) is 30.5 Å². The summed E-state index contributed by atoms with van der Waals surface area (Å²) in [5.41, 5.74) is 2.00. The van der Waals surface area contributed by atoms with Crippen molar-refractivity contribution in [2.75, 3.05) is 13.1 Å². The molecule has 0 spiro atoms. The minimum atomic E-state index is -0.275. The van der Waals surface area contributed by atoms with Crippen LogP contribution in [0.5, 0.6) is 0 Å². The van der Waals surface area contributed by atoms with Gasteiger partial charge in [0.2, 0.25) is 0 Å². The Kier molecular flexibility index (Phi) is 3.43. The summed E-state index contributed by atoms with van der Waals surface area (Å²) >= 11 is 0. The molecule has 0 saturated carbocycles. The van der Waals surface area contributed by atoms with E-state index in [1.807, 2.05) is 0 Å². The first kappa shape index (κ1) is 14.1. The molecule has 0 amide bonds. The lowest BCUT2D eigenvalue weighted by atomic mass is 9.74. The van der Waals surface area contributed by atoms with Crippen molar-refractivity contribution in [1.82, 2.24) is 5.32 Å². The Labute approximate surface area is 122 Å². The Bertz CT molecular complexity index is 481. The predicted octanol–water partition coefficient (Wildman–Crippen LogP) is 1.75. The first-order chi connectivity index (χ1) is 9.39. The zero-order chi connectivity index (χ0) is 14.4. The Balaban J connectivity index is 1.84. The van der Waals surface area contributed by atoms with Gasteiger partial charge in [0.05, 0.1) is 11.2 Å². The Morgan fingerprint density at radius 1 is 1.10 bits per heavy atom. The summed E-state index contributed by atoms with van der Waals surface area (Å²) in [5, 5.41) is 3.33. The van der Waals surface area contributed by atoms with Crippen molar-refractivity contribution in [3.8, 4) is 0 Å². The van der Waals surface area contributed by atoms with E-state index >= 15 is 0 Å². The van der Waals surface area contributed by atoms with Gasteiger partial charge in [-0.2, -0.15) is 0 Å². The molecule has 1 aromatic rings. The smallest absolute Gasteiger partial charge is 0.399 e. The molecule has 2 fully saturated rings. The van der Waals surface area contributed by atoms with Crippen LogP contribution in [0.1, 0.15) is 33.3 Å². The molecule has 108 valence electrons. The van der Waals surface area contributed by atoms with Crippen LogP contribution < -0.4 is 10.8 Å². The highest BCUT2D eigenvalue weighted by molar-refractivity contribution is 6.62. The van der Waals surface area contributed by atoms with Gasteiger partial charge in [0, 0.05) is 0 Å². The van der Waals surface area contributed by atoms with Crippen molar-refractivity contribution < 1.29 is 9.31 Å². The van der Waals surface area contributed by atoms with Gasteiger partial charge in [0.25, 0.3) is 0 Å². The number of hydrogen-bond acceptors (Lipinski definition) is 3. The second-order valence-electron chi connectivity index (χ2n) is 7.02. The molecule has 20 heavy (non-hydrogen) atoms. The molecule has 0 radical (unpaired) electrons. The molecule has 0 unspecified atom stereocenters. The number of hydrogen-bond donors (Lipinski definition) is 1. The average Bonchev–Trinajstić information content (AvgIpc) is 2.54. The van der Waals surface area contributed by atoms with Crippen molar-refractivity contribution in [2.24, 2.45) is 5.92 Å². The fraction of sp³-hybridized carbons (Fsp3) is 0.625. The third kappa shape index (κ3) is 2.41. The molecular weight excluding hydrogens is 249 g/mol. The lowest BCUT2D eigenvalue weighted by Crippen LogP contribution is -2.45. The molecule has 0 aliphatic carbocycles. The second kappa shape index (κ2) is 4.87. The van der Waals surface area contributed by atoms with Crippen molar-refractivity contribution in [1.29, 1.82) is 0 Å². The molecule has 4 heteroatoms. The Morgan fingerprint density at radius 3 is 2.25 bits per heavy atom. The second-order valence-corrected chi connectivity index (χ2v) is 7.02. The van der Waals surface area contributed by atoms with Gasteiger partial charge < -0.3 is 14.6 Å². The summed E-state index contributed by atoms with van der Waals surface area (Å²) in [6, 6.07) is 8.53. The Hall–Kier alpha value is -0.835. The van der Waals surface area contributed by atoms with Gasteiger partial charge in [-0.3, -0.25) is 0 Å². The van der Waals surface area contributed by atoms with Gasteiger partial charge in [0.1, 0.15) is 0 Å². The standard InChI is InChI=1S/C16H24BNO2/c1-15(2)16(3,4)20-17(19-15)14-8-6-5-7-13(14)9-12-10-18-11-12/h5-8,12,18H,9-11H2,1-4H3. The highest BCUT2D eigenvalue weighted by atomic mass is 16.7. The van der Waals surface area contributed by atoms with Crippen molar-refractivity contribution in [2.45, 2.75) is 45.3 Å². The summed E-state index contributed by atoms with van der Waals surface area (Å²) in [5.74, 6) is 0.749. The largest absolute Gasteiger partial charge is 0.495 e. The number of nitrogens with one attached hydrogen (secondary N) is 1. The summed E-state index contributed by atoms with van der Waals surface area (Å²) < 4.78 is 12.4. The monoisotopic (exact) mass is 273 g/mol. The molecule has 3 rings (SSSR count). The summed E-state index contributed by atoms with van der Waals surface area (Å²) in [6.07, 6.45) is 1.10. The van der Waals surface area contributed by atoms with Crippen molar-refractivity contribution in [3.63, 3.8) is 0 Å². The molecule has 2 heterocycles. The maximum absolute atomic E-state index is 6.19. The molecule has 2 aliphatic rings. The van der Waals surface area contributed by atoms with E-state index in [0.717, 1.165) is 25.4 Å². The Morgan fingerprint density at radius 2 is 1.70 bits per heavy atom. The van der Waals surface area contributed by atoms with E-state index in [0.29, 0.717) is 0 Å². The highest BCUT2D eigenvalue weighted by Gasteiger charge is 2.52. The molecule has 0 atom stereocenters. The fourth-order valence-corrected chi connectivity index (χ4v) is 2.72. The minimum Gasteiger partial charge on any atom is -0.399 e. The van der Waals surface area contributed by atoms with E-state index in [-0.39, 0.29) is 18.3 Å². The van der Waals surface area contributed by atoms with E-state index in [9.17, 15) is 0 Å². The first-order valence-electron chi connectivity index (χ1n) is 7.53. The molecule has 3 nitrogen and oxygen atoms in total. The molecule has 0 aromatic heterocycles. The van der Waals surface area contributed by atoms with E-state index in [1.54, 1.807) is 0 Å². The van der Waals surface area contributed by atoms with Crippen molar-refractivity contribution >= 4 is 12.6 Å². The number of benzene rings is 1. The van der Waals surface area contributed by atoms with Crippen LogP contribution in [0.4, 0.5) is 0 Å². The lowest BCUT2D eigenvalue weighted by Gasteiger charge is -2.32. The van der Waals surface area contributed by atoms with Crippen LogP contribution in [-0.4, -0.2) is 31.4 Å². The zero-order valence-electron chi connectivity index (χ0n) is 12.9. The maximum atomic E-state index is 6.19.